The molecule has 0 saturated carbocycles. The first kappa shape index (κ1) is 19.2. The minimum absolute atomic E-state index is 0.0335. The van der Waals surface area contributed by atoms with Crippen molar-refractivity contribution in [3.05, 3.63) is 82.2 Å². The highest BCUT2D eigenvalue weighted by Gasteiger charge is 2.37. The van der Waals surface area contributed by atoms with E-state index in [1.807, 2.05) is 42.5 Å². The van der Waals surface area contributed by atoms with E-state index < -0.39 is 11.9 Å². The molecule has 6 heteroatoms. The standard InChI is InChI=1S/C23H20ClNO4/c1-3-28-23(26)20-19(13-8-10-14(24)11-9-13)17-12-18(27-2)15-6-4-5-7-16(15)21(17)29-22(20)25/h4-12,19H,3,25H2,1-2H3. The number of esters is 1. The Kier molecular flexibility index (Phi) is 5.07. The van der Waals surface area contributed by atoms with Gasteiger partial charge >= 0.3 is 5.97 Å². The topological polar surface area (TPSA) is 70.8 Å². The second-order valence-electron chi connectivity index (χ2n) is 6.63. The van der Waals surface area contributed by atoms with E-state index in [1.54, 1.807) is 26.2 Å². The van der Waals surface area contributed by atoms with Crippen molar-refractivity contribution in [3.63, 3.8) is 0 Å². The van der Waals surface area contributed by atoms with Crippen molar-refractivity contribution in [2.45, 2.75) is 12.8 Å². The first-order valence-corrected chi connectivity index (χ1v) is 9.62. The third-order valence-corrected chi connectivity index (χ3v) is 5.23. The van der Waals surface area contributed by atoms with Crippen LogP contribution in [0, 0.1) is 0 Å². The minimum atomic E-state index is -0.511. The molecule has 0 amide bonds. The maximum atomic E-state index is 12.8. The smallest absolute Gasteiger partial charge is 0.340 e. The lowest BCUT2D eigenvalue weighted by atomic mass is 9.81. The number of ether oxygens (including phenoxy) is 3. The predicted molar refractivity (Wildman–Crippen MR) is 112 cm³/mol. The molecule has 1 aliphatic heterocycles. The Morgan fingerprint density at radius 1 is 1.14 bits per heavy atom. The lowest BCUT2D eigenvalue weighted by Gasteiger charge is -2.30. The highest BCUT2D eigenvalue weighted by molar-refractivity contribution is 6.30. The summed E-state index contributed by atoms with van der Waals surface area (Å²) in [6.45, 7) is 1.98. The van der Waals surface area contributed by atoms with Gasteiger partial charge in [0.05, 0.1) is 19.6 Å². The number of halogens is 1. The predicted octanol–water partition coefficient (Wildman–Crippen LogP) is 4.76. The third-order valence-electron chi connectivity index (χ3n) is 4.98. The number of carbonyl (C=O) groups is 1. The van der Waals surface area contributed by atoms with Gasteiger partial charge in [0, 0.05) is 21.4 Å². The fourth-order valence-electron chi connectivity index (χ4n) is 3.72. The lowest BCUT2D eigenvalue weighted by molar-refractivity contribution is -0.139. The first-order valence-electron chi connectivity index (χ1n) is 9.24. The summed E-state index contributed by atoms with van der Waals surface area (Å²) in [5, 5.41) is 2.36. The second-order valence-corrected chi connectivity index (χ2v) is 7.06. The summed E-state index contributed by atoms with van der Waals surface area (Å²) in [6, 6.07) is 16.9. The molecular weight excluding hydrogens is 390 g/mol. The summed E-state index contributed by atoms with van der Waals surface area (Å²) in [7, 11) is 1.62. The SMILES string of the molecule is CCOC(=O)C1=C(N)Oc2c(cc(OC)c3ccccc23)C1c1ccc(Cl)cc1. The van der Waals surface area contributed by atoms with Crippen molar-refractivity contribution in [1.82, 2.24) is 0 Å². The molecule has 4 rings (SSSR count). The quantitative estimate of drug-likeness (QED) is 0.629. The average Bonchev–Trinajstić information content (AvgIpc) is 2.73. The van der Waals surface area contributed by atoms with Crippen LogP contribution >= 0.6 is 11.6 Å². The van der Waals surface area contributed by atoms with Crippen molar-refractivity contribution in [2.75, 3.05) is 13.7 Å². The van der Waals surface area contributed by atoms with Crippen LogP contribution in [-0.4, -0.2) is 19.7 Å². The summed E-state index contributed by atoms with van der Waals surface area (Å²) in [4.78, 5) is 12.8. The maximum Gasteiger partial charge on any atom is 0.340 e. The lowest BCUT2D eigenvalue weighted by Crippen LogP contribution is -2.27. The van der Waals surface area contributed by atoms with Crippen LogP contribution < -0.4 is 15.2 Å². The fraction of sp³-hybridized carbons (Fsp3) is 0.174. The highest BCUT2D eigenvalue weighted by atomic mass is 35.5. The molecule has 148 valence electrons. The average molecular weight is 410 g/mol. The van der Waals surface area contributed by atoms with Gasteiger partial charge in [0.2, 0.25) is 5.88 Å². The Bertz CT molecular complexity index is 1120. The monoisotopic (exact) mass is 409 g/mol. The molecule has 3 aromatic rings. The van der Waals surface area contributed by atoms with Gasteiger partial charge in [-0.15, -0.1) is 0 Å². The van der Waals surface area contributed by atoms with Crippen LogP contribution in [0.25, 0.3) is 10.8 Å². The number of rotatable bonds is 4. The molecule has 29 heavy (non-hydrogen) atoms. The van der Waals surface area contributed by atoms with Crippen LogP contribution in [-0.2, 0) is 9.53 Å². The number of nitrogens with two attached hydrogens (primary N) is 1. The molecule has 5 nitrogen and oxygen atoms in total. The van der Waals surface area contributed by atoms with Crippen molar-refractivity contribution >= 4 is 28.3 Å². The van der Waals surface area contributed by atoms with Gasteiger partial charge in [-0.25, -0.2) is 4.79 Å². The van der Waals surface area contributed by atoms with Gasteiger partial charge in [-0.3, -0.25) is 0 Å². The van der Waals surface area contributed by atoms with Gasteiger partial charge in [-0.05, 0) is 30.7 Å². The van der Waals surface area contributed by atoms with Gasteiger partial charge in [0.15, 0.2) is 0 Å². The van der Waals surface area contributed by atoms with Crippen molar-refractivity contribution in [3.8, 4) is 11.5 Å². The molecule has 1 atom stereocenters. The van der Waals surface area contributed by atoms with Crippen LogP contribution in [0.5, 0.6) is 11.5 Å². The summed E-state index contributed by atoms with van der Waals surface area (Å²) in [5.74, 6) is 0.333. The molecule has 0 bridgehead atoms. The Morgan fingerprint density at radius 3 is 2.48 bits per heavy atom. The summed E-state index contributed by atoms with van der Waals surface area (Å²) < 4.78 is 16.9. The molecule has 1 unspecified atom stereocenters. The van der Waals surface area contributed by atoms with Crippen molar-refractivity contribution < 1.29 is 19.0 Å². The summed E-state index contributed by atoms with van der Waals surface area (Å²) in [6.07, 6.45) is 0. The zero-order valence-corrected chi connectivity index (χ0v) is 16.8. The molecule has 1 heterocycles. The van der Waals surface area contributed by atoms with E-state index in [4.69, 9.17) is 31.5 Å². The van der Waals surface area contributed by atoms with Crippen LogP contribution in [0.1, 0.15) is 24.0 Å². The number of hydrogen-bond donors (Lipinski definition) is 1. The van der Waals surface area contributed by atoms with E-state index in [2.05, 4.69) is 0 Å². The van der Waals surface area contributed by atoms with Crippen molar-refractivity contribution in [1.29, 1.82) is 0 Å². The number of hydrogen-bond acceptors (Lipinski definition) is 5. The largest absolute Gasteiger partial charge is 0.496 e. The Morgan fingerprint density at radius 2 is 1.83 bits per heavy atom. The molecule has 3 aromatic carbocycles. The minimum Gasteiger partial charge on any atom is -0.496 e. The molecule has 1 aliphatic rings. The Hall–Kier alpha value is -3.18. The Labute approximate surface area is 173 Å². The molecule has 0 aliphatic carbocycles. The molecule has 0 radical (unpaired) electrons. The van der Waals surface area contributed by atoms with E-state index in [9.17, 15) is 4.79 Å². The number of benzene rings is 3. The number of fused-ring (bicyclic) bond motifs is 3. The summed E-state index contributed by atoms with van der Waals surface area (Å²) in [5.41, 5.74) is 8.13. The van der Waals surface area contributed by atoms with E-state index >= 15 is 0 Å². The summed E-state index contributed by atoms with van der Waals surface area (Å²) >= 11 is 6.08. The fourth-order valence-corrected chi connectivity index (χ4v) is 3.85. The van der Waals surface area contributed by atoms with Crippen LogP contribution in [0.2, 0.25) is 5.02 Å². The van der Waals surface area contributed by atoms with E-state index in [0.717, 1.165) is 21.9 Å². The van der Waals surface area contributed by atoms with E-state index in [-0.39, 0.29) is 18.1 Å². The molecule has 0 aromatic heterocycles. The zero-order chi connectivity index (χ0) is 20.5. The molecule has 0 spiro atoms. The van der Waals surface area contributed by atoms with Gasteiger partial charge in [0.1, 0.15) is 17.1 Å². The van der Waals surface area contributed by atoms with Crippen LogP contribution in [0.4, 0.5) is 0 Å². The van der Waals surface area contributed by atoms with Gasteiger partial charge in [0.25, 0.3) is 0 Å². The maximum absolute atomic E-state index is 12.8. The highest BCUT2D eigenvalue weighted by Crippen LogP contribution is 2.48. The Balaban J connectivity index is 2.02. The van der Waals surface area contributed by atoms with E-state index in [1.165, 1.54) is 0 Å². The molecule has 2 N–H and O–H groups in total. The third kappa shape index (κ3) is 3.28. The zero-order valence-electron chi connectivity index (χ0n) is 16.1. The van der Waals surface area contributed by atoms with Crippen LogP contribution in [0.15, 0.2) is 66.1 Å². The van der Waals surface area contributed by atoms with E-state index in [0.29, 0.717) is 16.5 Å². The molecule has 0 saturated heterocycles. The van der Waals surface area contributed by atoms with Crippen LogP contribution in [0.3, 0.4) is 0 Å². The second kappa shape index (κ2) is 7.68. The number of methoxy groups -OCH3 is 1. The van der Waals surface area contributed by atoms with Gasteiger partial charge < -0.3 is 19.9 Å². The number of carbonyl (C=O) groups excluding carboxylic acids is 1. The normalized spacial score (nSPS) is 15.6. The van der Waals surface area contributed by atoms with Gasteiger partial charge in [-0.2, -0.15) is 0 Å². The first-order chi connectivity index (χ1) is 14.0. The molecular formula is C23H20ClNO4. The van der Waals surface area contributed by atoms with Gasteiger partial charge in [-0.1, -0.05) is 48.0 Å². The van der Waals surface area contributed by atoms with Crippen molar-refractivity contribution in [2.24, 2.45) is 5.73 Å². The molecule has 0 fully saturated rings.